The second-order valence-electron chi connectivity index (χ2n) is 4.68. The molecule has 17 heavy (non-hydrogen) atoms. The molecule has 0 amide bonds. The number of ether oxygens (including phenoxy) is 1. The molecule has 0 radical (unpaired) electrons. The fraction of sp³-hybridized carbons (Fsp3) is 0.571. The van der Waals surface area contributed by atoms with Crippen LogP contribution >= 0.6 is 0 Å². The summed E-state index contributed by atoms with van der Waals surface area (Å²) in [6.07, 6.45) is 0.969. The standard InChI is InChI=1S/C14H24N2O/c1-10-7-13(5-6-16-9-12(3)15)14(17-4)8-11(10)2/h7-8,12,16H,5-6,9,15H2,1-4H3. The van der Waals surface area contributed by atoms with Crippen molar-refractivity contribution in [1.82, 2.24) is 5.32 Å². The Kier molecular flexibility index (Phi) is 5.45. The Labute approximate surface area is 104 Å². The van der Waals surface area contributed by atoms with Gasteiger partial charge in [0.25, 0.3) is 0 Å². The van der Waals surface area contributed by atoms with Gasteiger partial charge < -0.3 is 15.8 Å². The molecule has 0 saturated carbocycles. The second-order valence-corrected chi connectivity index (χ2v) is 4.68. The maximum atomic E-state index is 5.68. The first-order chi connectivity index (χ1) is 8.04. The molecule has 1 rings (SSSR count). The van der Waals surface area contributed by atoms with Gasteiger partial charge in [0.15, 0.2) is 0 Å². The number of nitrogens with one attached hydrogen (secondary N) is 1. The third-order valence-electron chi connectivity index (χ3n) is 2.93. The summed E-state index contributed by atoms with van der Waals surface area (Å²) in [5.41, 5.74) is 9.53. The fourth-order valence-electron chi connectivity index (χ4n) is 1.79. The van der Waals surface area contributed by atoms with E-state index in [9.17, 15) is 0 Å². The number of methoxy groups -OCH3 is 1. The normalized spacial score (nSPS) is 12.5. The second kappa shape index (κ2) is 6.62. The Hall–Kier alpha value is -1.06. The van der Waals surface area contributed by atoms with Gasteiger partial charge in [-0.2, -0.15) is 0 Å². The highest BCUT2D eigenvalue weighted by Crippen LogP contribution is 2.23. The van der Waals surface area contributed by atoms with Crippen LogP contribution in [0.5, 0.6) is 5.75 Å². The van der Waals surface area contributed by atoms with Crippen molar-refractivity contribution in [3.8, 4) is 5.75 Å². The third kappa shape index (κ3) is 4.36. The van der Waals surface area contributed by atoms with Crippen molar-refractivity contribution in [2.24, 2.45) is 5.73 Å². The van der Waals surface area contributed by atoms with Gasteiger partial charge in [0.2, 0.25) is 0 Å². The SMILES string of the molecule is COc1cc(C)c(C)cc1CCNCC(C)N. The van der Waals surface area contributed by atoms with E-state index in [1.54, 1.807) is 7.11 Å². The van der Waals surface area contributed by atoms with E-state index < -0.39 is 0 Å². The number of benzene rings is 1. The maximum Gasteiger partial charge on any atom is 0.122 e. The summed E-state index contributed by atoms with van der Waals surface area (Å²) in [4.78, 5) is 0. The van der Waals surface area contributed by atoms with Crippen LogP contribution in [0.15, 0.2) is 12.1 Å². The molecule has 0 aromatic heterocycles. The lowest BCUT2D eigenvalue weighted by atomic mass is 10.0. The monoisotopic (exact) mass is 236 g/mol. The Balaban J connectivity index is 2.60. The molecule has 0 spiro atoms. The topological polar surface area (TPSA) is 47.3 Å². The molecule has 1 aromatic carbocycles. The van der Waals surface area contributed by atoms with Crippen molar-refractivity contribution < 1.29 is 4.74 Å². The van der Waals surface area contributed by atoms with Crippen LogP contribution in [-0.2, 0) is 6.42 Å². The summed E-state index contributed by atoms with van der Waals surface area (Å²) in [6, 6.07) is 4.52. The highest BCUT2D eigenvalue weighted by molar-refractivity contribution is 5.41. The molecule has 0 aliphatic heterocycles. The first-order valence-corrected chi connectivity index (χ1v) is 6.15. The Morgan fingerprint density at radius 1 is 1.29 bits per heavy atom. The molecule has 0 bridgehead atoms. The first kappa shape index (κ1) is 14.0. The number of nitrogens with two attached hydrogens (primary N) is 1. The molecule has 1 aromatic rings. The van der Waals surface area contributed by atoms with Crippen LogP contribution in [0.1, 0.15) is 23.6 Å². The minimum absolute atomic E-state index is 0.205. The van der Waals surface area contributed by atoms with Gasteiger partial charge in [-0.3, -0.25) is 0 Å². The Morgan fingerprint density at radius 3 is 2.53 bits per heavy atom. The van der Waals surface area contributed by atoms with Crippen LogP contribution in [0.25, 0.3) is 0 Å². The zero-order valence-electron chi connectivity index (χ0n) is 11.3. The lowest BCUT2D eigenvalue weighted by molar-refractivity contribution is 0.408. The van der Waals surface area contributed by atoms with Gasteiger partial charge in [-0.25, -0.2) is 0 Å². The zero-order chi connectivity index (χ0) is 12.8. The summed E-state index contributed by atoms with van der Waals surface area (Å²) in [6.45, 7) is 8.03. The van der Waals surface area contributed by atoms with E-state index >= 15 is 0 Å². The number of rotatable bonds is 6. The smallest absolute Gasteiger partial charge is 0.122 e. The summed E-state index contributed by atoms with van der Waals surface area (Å²) < 4.78 is 5.41. The van der Waals surface area contributed by atoms with Crippen LogP contribution < -0.4 is 15.8 Å². The fourth-order valence-corrected chi connectivity index (χ4v) is 1.79. The average Bonchev–Trinajstić information content (AvgIpc) is 2.28. The third-order valence-corrected chi connectivity index (χ3v) is 2.93. The summed E-state index contributed by atoms with van der Waals surface area (Å²) in [5, 5.41) is 3.34. The van der Waals surface area contributed by atoms with Crippen molar-refractivity contribution in [2.75, 3.05) is 20.2 Å². The van der Waals surface area contributed by atoms with Gasteiger partial charge in [-0.1, -0.05) is 6.07 Å². The van der Waals surface area contributed by atoms with Crippen molar-refractivity contribution in [2.45, 2.75) is 33.2 Å². The minimum atomic E-state index is 0.205. The highest BCUT2D eigenvalue weighted by Gasteiger charge is 2.05. The van der Waals surface area contributed by atoms with Gasteiger partial charge in [0.05, 0.1) is 7.11 Å². The Bertz CT molecular complexity index is 361. The van der Waals surface area contributed by atoms with Crippen LogP contribution in [0.4, 0.5) is 0 Å². The molecule has 1 unspecified atom stereocenters. The van der Waals surface area contributed by atoms with Gasteiger partial charge in [-0.05, 0) is 56.5 Å². The van der Waals surface area contributed by atoms with Gasteiger partial charge in [0, 0.05) is 12.6 Å². The lowest BCUT2D eigenvalue weighted by Gasteiger charge is -2.13. The molecule has 3 heteroatoms. The van der Waals surface area contributed by atoms with E-state index in [0.29, 0.717) is 0 Å². The molecule has 0 aliphatic carbocycles. The van der Waals surface area contributed by atoms with E-state index in [1.807, 2.05) is 6.92 Å². The van der Waals surface area contributed by atoms with Crippen molar-refractivity contribution in [3.63, 3.8) is 0 Å². The number of aryl methyl sites for hydroxylation is 2. The molecule has 3 nitrogen and oxygen atoms in total. The van der Waals surface area contributed by atoms with Crippen molar-refractivity contribution in [1.29, 1.82) is 0 Å². The number of hydrogen-bond acceptors (Lipinski definition) is 3. The van der Waals surface area contributed by atoms with Crippen LogP contribution in [0.3, 0.4) is 0 Å². The van der Waals surface area contributed by atoms with Crippen molar-refractivity contribution >= 4 is 0 Å². The van der Waals surface area contributed by atoms with E-state index in [4.69, 9.17) is 10.5 Å². The summed E-state index contributed by atoms with van der Waals surface area (Å²) >= 11 is 0. The van der Waals surface area contributed by atoms with E-state index in [0.717, 1.165) is 25.3 Å². The average molecular weight is 236 g/mol. The highest BCUT2D eigenvalue weighted by atomic mass is 16.5. The molecule has 0 saturated heterocycles. The molecule has 1 atom stereocenters. The van der Waals surface area contributed by atoms with Crippen LogP contribution in [-0.4, -0.2) is 26.2 Å². The van der Waals surface area contributed by atoms with E-state index in [1.165, 1.54) is 16.7 Å². The van der Waals surface area contributed by atoms with Crippen LogP contribution in [0, 0.1) is 13.8 Å². The number of hydrogen-bond donors (Lipinski definition) is 2. The molecule has 3 N–H and O–H groups in total. The molecule has 0 aliphatic rings. The molecular weight excluding hydrogens is 212 g/mol. The van der Waals surface area contributed by atoms with Gasteiger partial charge in [-0.15, -0.1) is 0 Å². The summed E-state index contributed by atoms with van der Waals surface area (Å²) in [7, 11) is 1.73. The summed E-state index contributed by atoms with van der Waals surface area (Å²) in [5.74, 6) is 0.982. The molecular formula is C14H24N2O. The van der Waals surface area contributed by atoms with Gasteiger partial charge >= 0.3 is 0 Å². The van der Waals surface area contributed by atoms with E-state index in [-0.39, 0.29) is 6.04 Å². The van der Waals surface area contributed by atoms with Gasteiger partial charge in [0.1, 0.15) is 5.75 Å². The predicted molar refractivity (Wildman–Crippen MR) is 72.7 cm³/mol. The Morgan fingerprint density at radius 2 is 1.94 bits per heavy atom. The molecule has 96 valence electrons. The molecule has 0 fully saturated rings. The maximum absolute atomic E-state index is 5.68. The zero-order valence-corrected chi connectivity index (χ0v) is 11.3. The van der Waals surface area contributed by atoms with Crippen LogP contribution in [0.2, 0.25) is 0 Å². The first-order valence-electron chi connectivity index (χ1n) is 6.15. The largest absolute Gasteiger partial charge is 0.496 e. The minimum Gasteiger partial charge on any atom is -0.496 e. The predicted octanol–water partition coefficient (Wildman–Crippen LogP) is 1.79. The quantitative estimate of drug-likeness (QED) is 0.740. The lowest BCUT2D eigenvalue weighted by Crippen LogP contribution is -2.32. The molecule has 0 heterocycles. The van der Waals surface area contributed by atoms with Crippen molar-refractivity contribution in [3.05, 3.63) is 28.8 Å². The van der Waals surface area contributed by atoms with E-state index in [2.05, 4.69) is 31.3 Å².